The maximum Gasteiger partial charge on any atom is 0.222 e. The average Bonchev–Trinajstić information content (AvgIpc) is 3.25. The highest BCUT2D eigenvalue weighted by Crippen LogP contribution is 2.30. The van der Waals surface area contributed by atoms with Crippen molar-refractivity contribution >= 4 is 11.8 Å². The number of carbonyl (C=O) groups excluding carboxylic acids is 2. The Labute approximate surface area is 149 Å². The van der Waals surface area contributed by atoms with E-state index in [4.69, 9.17) is 4.74 Å². The zero-order valence-corrected chi connectivity index (χ0v) is 15.2. The Bertz CT molecular complexity index is 622. The SMILES string of the molecule is Cc1ccc(C[C@]2(CCC(=O)N(C)[C@H]3CCOC3)CCC(=O)N2)cc1. The molecule has 0 aromatic heterocycles. The molecular formula is C20H28N2O3. The van der Waals surface area contributed by atoms with E-state index in [0.29, 0.717) is 25.9 Å². The van der Waals surface area contributed by atoms with Gasteiger partial charge in [-0.05, 0) is 38.2 Å². The first-order chi connectivity index (χ1) is 12.0. The molecule has 5 nitrogen and oxygen atoms in total. The summed E-state index contributed by atoms with van der Waals surface area (Å²) in [6.45, 7) is 3.43. The largest absolute Gasteiger partial charge is 0.379 e. The van der Waals surface area contributed by atoms with Crippen LogP contribution < -0.4 is 5.32 Å². The molecule has 2 atom stereocenters. The quantitative estimate of drug-likeness (QED) is 0.861. The smallest absolute Gasteiger partial charge is 0.222 e. The van der Waals surface area contributed by atoms with Crippen LogP contribution in [0.5, 0.6) is 0 Å². The van der Waals surface area contributed by atoms with Crippen molar-refractivity contribution in [3.63, 3.8) is 0 Å². The van der Waals surface area contributed by atoms with Gasteiger partial charge in [0.2, 0.25) is 11.8 Å². The molecule has 136 valence electrons. The number of amides is 2. The Morgan fingerprint density at radius 2 is 2.12 bits per heavy atom. The minimum atomic E-state index is -0.297. The molecule has 1 aromatic rings. The minimum absolute atomic E-state index is 0.0945. The standard InChI is InChI=1S/C20H28N2O3/c1-15-3-5-16(6-4-15)13-20(10-7-18(23)21-20)11-8-19(24)22(2)17-9-12-25-14-17/h3-6,17H,7-14H2,1-2H3,(H,21,23)/t17-,20+/m0/s1. The van der Waals surface area contributed by atoms with E-state index in [1.165, 1.54) is 11.1 Å². The summed E-state index contributed by atoms with van der Waals surface area (Å²) in [6.07, 6.45) is 4.17. The van der Waals surface area contributed by atoms with Crippen molar-refractivity contribution in [2.45, 2.75) is 57.0 Å². The molecule has 2 aliphatic rings. The summed E-state index contributed by atoms with van der Waals surface area (Å²) in [5.41, 5.74) is 2.14. The number of aryl methyl sites for hydroxylation is 1. The molecule has 0 bridgehead atoms. The Hall–Kier alpha value is -1.88. The average molecular weight is 344 g/mol. The highest BCUT2D eigenvalue weighted by atomic mass is 16.5. The molecule has 2 fully saturated rings. The van der Waals surface area contributed by atoms with Crippen LogP contribution in [0.1, 0.15) is 43.2 Å². The molecule has 5 heteroatoms. The van der Waals surface area contributed by atoms with Crippen LogP contribution in [0.15, 0.2) is 24.3 Å². The van der Waals surface area contributed by atoms with Crippen molar-refractivity contribution < 1.29 is 14.3 Å². The highest BCUT2D eigenvalue weighted by molar-refractivity contribution is 5.80. The monoisotopic (exact) mass is 344 g/mol. The number of hydrogen-bond donors (Lipinski definition) is 1. The van der Waals surface area contributed by atoms with E-state index in [1.807, 2.05) is 11.9 Å². The second-order valence-corrected chi connectivity index (χ2v) is 7.51. The van der Waals surface area contributed by atoms with Crippen molar-refractivity contribution in [1.29, 1.82) is 0 Å². The number of nitrogens with one attached hydrogen (secondary N) is 1. The molecule has 2 heterocycles. The number of nitrogens with zero attached hydrogens (tertiary/aromatic N) is 1. The van der Waals surface area contributed by atoms with Gasteiger partial charge in [0.05, 0.1) is 12.6 Å². The van der Waals surface area contributed by atoms with Crippen LogP contribution in [0.25, 0.3) is 0 Å². The lowest BCUT2D eigenvalue weighted by atomic mass is 9.84. The molecule has 0 radical (unpaired) electrons. The third kappa shape index (κ3) is 4.40. The molecule has 0 unspecified atom stereocenters. The van der Waals surface area contributed by atoms with Crippen molar-refractivity contribution in [3.05, 3.63) is 35.4 Å². The summed E-state index contributed by atoms with van der Waals surface area (Å²) in [7, 11) is 1.86. The molecule has 2 saturated heterocycles. The van der Waals surface area contributed by atoms with Crippen LogP contribution in [0.3, 0.4) is 0 Å². The summed E-state index contributed by atoms with van der Waals surface area (Å²) >= 11 is 0. The van der Waals surface area contributed by atoms with Crippen LogP contribution in [0, 0.1) is 6.92 Å². The van der Waals surface area contributed by atoms with Crippen LogP contribution in [0.2, 0.25) is 0 Å². The fourth-order valence-corrected chi connectivity index (χ4v) is 3.83. The predicted octanol–water partition coefficient (Wildman–Crippen LogP) is 2.21. The molecule has 0 saturated carbocycles. The second-order valence-electron chi connectivity index (χ2n) is 7.51. The van der Waals surface area contributed by atoms with E-state index in [2.05, 4.69) is 36.5 Å². The van der Waals surface area contributed by atoms with Crippen LogP contribution >= 0.6 is 0 Å². The van der Waals surface area contributed by atoms with Gasteiger partial charge >= 0.3 is 0 Å². The number of benzene rings is 1. The first kappa shape index (κ1) is 17.9. The summed E-state index contributed by atoms with van der Waals surface area (Å²) in [5.74, 6) is 0.233. The maximum atomic E-state index is 12.6. The molecule has 3 rings (SSSR count). The Balaban J connectivity index is 1.63. The van der Waals surface area contributed by atoms with Crippen LogP contribution in [0.4, 0.5) is 0 Å². The first-order valence-corrected chi connectivity index (χ1v) is 9.17. The Morgan fingerprint density at radius 3 is 2.72 bits per heavy atom. The number of likely N-dealkylation sites (N-methyl/N-ethyl adjacent to an activating group) is 1. The molecule has 2 aliphatic heterocycles. The van der Waals surface area contributed by atoms with Gasteiger partial charge in [0, 0.05) is 32.0 Å². The Morgan fingerprint density at radius 1 is 1.36 bits per heavy atom. The maximum absolute atomic E-state index is 12.6. The van der Waals surface area contributed by atoms with Gasteiger partial charge in [-0.1, -0.05) is 29.8 Å². The third-order valence-corrected chi connectivity index (χ3v) is 5.56. The van der Waals surface area contributed by atoms with E-state index >= 15 is 0 Å². The van der Waals surface area contributed by atoms with E-state index in [9.17, 15) is 9.59 Å². The zero-order valence-electron chi connectivity index (χ0n) is 15.2. The molecule has 25 heavy (non-hydrogen) atoms. The number of hydrogen-bond acceptors (Lipinski definition) is 3. The summed E-state index contributed by atoms with van der Waals surface area (Å²) in [5, 5.41) is 3.16. The van der Waals surface area contributed by atoms with Crippen molar-refractivity contribution in [2.75, 3.05) is 20.3 Å². The van der Waals surface area contributed by atoms with E-state index in [1.54, 1.807) is 0 Å². The lowest BCUT2D eigenvalue weighted by Crippen LogP contribution is -2.45. The van der Waals surface area contributed by atoms with Gasteiger partial charge in [0.15, 0.2) is 0 Å². The van der Waals surface area contributed by atoms with Crippen molar-refractivity contribution in [3.8, 4) is 0 Å². The first-order valence-electron chi connectivity index (χ1n) is 9.17. The van der Waals surface area contributed by atoms with Gasteiger partial charge in [0.1, 0.15) is 0 Å². The van der Waals surface area contributed by atoms with E-state index < -0.39 is 0 Å². The fraction of sp³-hybridized carbons (Fsp3) is 0.600. The molecule has 1 aromatic carbocycles. The van der Waals surface area contributed by atoms with Gasteiger partial charge in [-0.25, -0.2) is 0 Å². The molecule has 0 spiro atoms. The molecule has 0 aliphatic carbocycles. The topological polar surface area (TPSA) is 58.6 Å². The van der Waals surface area contributed by atoms with Crippen molar-refractivity contribution in [1.82, 2.24) is 10.2 Å². The summed E-state index contributed by atoms with van der Waals surface area (Å²) in [6, 6.07) is 8.62. The Kier molecular flexibility index (Phi) is 5.42. The number of ether oxygens (including phenoxy) is 1. The summed E-state index contributed by atoms with van der Waals surface area (Å²) in [4.78, 5) is 26.3. The minimum Gasteiger partial charge on any atom is -0.379 e. The zero-order chi connectivity index (χ0) is 17.9. The normalized spacial score (nSPS) is 25.8. The number of rotatable bonds is 6. The summed E-state index contributed by atoms with van der Waals surface area (Å²) < 4.78 is 5.38. The van der Waals surface area contributed by atoms with Gasteiger partial charge in [-0.15, -0.1) is 0 Å². The second kappa shape index (κ2) is 7.56. The van der Waals surface area contributed by atoms with Crippen LogP contribution in [-0.4, -0.2) is 48.6 Å². The lowest BCUT2D eigenvalue weighted by molar-refractivity contribution is -0.132. The molecule has 1 N–H and O–H groups in total. The molecular weight excluding hydrogens is 316 g/mol. The number of carbonyl (C=O) groups is 2. The van der Waals surface area contributed by atoms with Crippen LogP contribution in [-0.2, 0) is 20.7 Å². The van der Waals surface area contributed by atoms with E-state index in [-0.39, 0.29) is 23.4 Å². The fourth-order valence-electron chi connectivity index (χ4n) is 3.83. The lowest BCUT2D eigenvalue weighted by Gasteiger charge is -2.31. The van der Waals surface area contributed by atoms with Gasteiger partial charge in [0.25, 0.3) is 0 Å². The predicted molar refractivity (Wildman–Crippen MR) is 96.2 cm³/mol. The van der Waals surface area contributed by atoms with Gasteiger partial charge in [-0.3, -0.25) is 9.59 Å². The van der Waals surface area contributed by atoms with Crippen molar-refractivity contribution in [2.24, 2.45) is 0 Å². The van der Waals surface area contributed by atoms with Gasteiger partial charge < -0.3 is 15.0 Å². The molecule has 2 amide bonds. The highest BCUT2D eigenvalue weighted by Gasteiger charge is 2.38. The van der Waals surface area contributed by atoms with E-state index in [0.717, 1.165) is 25.9 Å². The van der Waals surface area contributed by atoms with Gasteiger partial charge in [-0.2, -0.15) is 0 Å². The third-order valence-electron chi connectivity index (χ3n) is 5.56.